The number of sulfonamides is 1. The Morgan fingerprint density at radius 1 is 1.33 bits per heavy atom. The summed E-state index contributed by atoms with van der Waals surface area (Å²) >= 11 is 6.65. The largest absolute Gasteiger partial charge is 0.358 e. The van der Waals surface area contributed by atoms with E-state index in [0.29, 0.717) is 5.69 Å². The van der Waals surface area contributed by atoms with Crippen LogP contribution in [0.4, 0.5) is 5.69 Å². The first-order chi connectivity index (χ1) is 11.3. The summed E-state index contributed by atoms with van der Waals surface area (Å²) in [5, 5.41) is 2.72. The Labute approximate surface area is 152 Å². The molecule has 1 fully saturated rings. The fourth-order valence-electron chi connectivity index (χ4n) is 2.26. The number of thiocarbonyl (C=S) groups is 1. The topological polar surface area (TPSA) is 69.7 Å². The van der Waals surface area contributed by atoms with E-state index in [-0.39, 0.29) is 16.6 Å². The maximum Gasteiger partial charge on any atom is 0.242 e. The zero-order valence-corrected chi connectivity index (χ0v) is 16.1. The number of anilines is 1. The van der Waals surface area contributed by atoms with Crippen LogP contribution in [0.2, 0.25) is 0 Å². The fraction of sp³-hybridized carbons (Fsp3) is 0.467. The minimum atomic E-state index is -3.52. The van der Waals surface area contributed by atoms with E-state index >= 15 is 0 Å². The van der Waals surface area contributed by atoms with Crippen LogP contribution in [-0.2, 0) is 14.8 Å². The van der Waals surface area contributed by atoms with Crippen LogP contribution < -0.4 is 5.32 Å². The number of benzene rings is 1. The van der Waals surface area contributed by atoms with Gasteiger partial charge in [0.25, 0.3) is 0 Å². The number of nitrogens with zero attached hydrogens (tertiary/aromatic N) is 2. The highest BCUT2D eigenvalue weighted by molar-refractivity contribution is 8.23. The average Bonchev–Trinajstić information content (AvgIpc) is 3.07. The highest BCUT2D eigenvalue weighted by Gasteiger charge is 2.18. The van der Waals surface area contributed by atoms with E-state index in [4.69, 9.17) is 12.2 Å². The molecular formula is C15H21N3O3S3. The van der Waals surface area contributed by atoms with Crippen molar-refractivity contribution in [1.29, 1.82) is 0 Å². The predicted molar refractivity (Wildman–Crippen MR) is 102 cm³/mol. The predicted octanol–water partition coefficient (Wildman–Crippen LogP) is 1.99. The molecule has 1 heterocycles. The number of carbonyl (C=O) groups excluding carboxylic acids is 1. The van der Waals surface area contributed by atoms with Crippen molar-refractivity contribution in [2.45, 2.75) is 17.7 Å². The first-order valence-electron chi connectivity index (χ1n) is 7.55. The van der Waals surface area contributed by atoms with Gasteiger partial charge in [0.15, 0.2) is 0 Å². The third kappa shape index (κ3) is 4.92. The highest BCUT2D eigenvalue weighted by atomic mass is 32.2. The number of amides is 1. The molecule has 0 aliphatic carbocycles. The fourth-order valence-corrected chi connectivity index (χ4v) is 4.26. The molecule has 1 aliphatic heterocycles. The molecule has 24 heavy (non-hydrogen) atoms. The quantitative estimate of drug-likeness (QED) is 0.779. The van der Waals surface area contributed by atoms with Crippen LogP contribution in [0.25, 0.3) is 0 Å². The second-order valence-electron chi connectivity index (χ2n) is 5.61. The van der Waals surface area contributed by atoms with Gasteiger partial charge in [-0.05, 0) is 31.0 Å². The van der Waals surface area contributed by atoms with Gasteiger partial charge < -0.3 is 10.2 Å². The molecule has 9 heteroatoms. The molecule has 1 aromatic rings. The summed E-state index contributed by atoms with van der Waals surface area (Å²) in [6, 6.07) is 6.23. The minimum absolute atomic E-state index is 0.144. The van der Waals surface area contributed by atoms with Gasteiger partial charge in [-0.2, -0.15) is 0 Å². The van der Waals surface area contributed by atoms with E-state index in [2.05, 4.69) is 10.2 Å². The smallest absolute Gasteiger partial charge is 0.242 e. The van der Waals surface area contributed by atoms with Crippen LogP contribution in [0.3, 0.4) is 0 Å². The van der Waals surface area contributed by atoms with Gasteiger partial charge in [-0.3, -0.25) is 4.79 Å². The number of hydrogen-bond donors (Lipinski definition) is 1. The van der Waals surface area contributed by atoms with E-state index in [0.717, 1.165) is 34.6 Å². The lowest BCUT2D eigenvalue weighted by Gasteiger charge is -2.17. The number of rotatable bonds is 5. The molecule has 0 bridgehead atoms. The molecule has 1 aromatic carbocycles. The molecule has 1 amide bonds. The molecule has 0 aromatic heterocycles. The first-order valence-corrected chi connectivity index (χ1v) is 10.4. The van der Waals surface area contributed by atoms with Gasteiger partial charge in [0, 0.05) is 32.9 Å². The molecule has 1 aliphatic rings. The number of carbonyl (C=O) groups is 1. The van der Waals surface area contributed by atoms with Gasteiger partial charge >= 0.3 is 0 Å². The molecular weight excluding hydrogens is 366 g/mol. The Balaban J connectivity index is 1.93. The van der Waals surface area contributed by atoms with Gasteiger partial charge in [-0.1, -0.05) is 30.0 Å². The van der Waals surface area contributed by atoms with Gasteiger partial charge in [0.1, 0.15) is 4.32 Å². The summed E-state index contributed by atoms with van der Waals surface area (Å²) < 4.78 is 26.1. The summed E-state index contributed by atoms with van der Waals surface area (Å²) in [7, 11) is -0.585. The second-order valence-corrected chi connectivity index (χ2v) is 9.37. The lowest BCUT2D eigenvalue weighted by atomic mass is 10.3. The number of thioether (sulfide) groups is 1. The van der Waals surface area contributed by atoms with E-state index < -0.39 is 10.0 Å². The number of nitrogens with one attached hydrogen (secondary N) is 1. The van der Waals surface area contributed by atoms with E-state index in [1.165, 1.54) is 38.0 Å². The van der Waals surface area contributed by atoms with Crippen molar-refractivity contribution in [2.75, 3.05) is 38.3 Å². The normalized spacial score (nSPS) is 14.9. The molecule has 6 nitrogen and oxygen atoms in total. The molecule has 0 radical (unpaired) electrons. The summed E-state index contributed by atoms with van der Waals surface area (Å²) in [6.07, 6.45) is 2.28. The zero-order valence-electron chi connectivity index (χ0n) is 13.7. The van der Waals surface area contributed by atoms with Crippen molar-refractivity contribution in [3.8, 4) is 0 Å². The maximum atomic E-state index is 12.1. The third-order valence-corrected chi connectivity index (χ3v) is 6.92. The van der Waals surface area contributed by atoms with Crippen molar-refractivity contribution in [3.05, 3.63) is 24.3 Å². The Hall–Kier alpha value is -1.16. The summed E-state index contributed by atoms with van der Waals surface area (Å²) in [5.74, 6) is 0.000869. The van der Waals surface area contributed by atoms with Crippen molar-refractivity contribution >= 4 is 49.9 Å². The number of hydrogen-bond acceptors (Lipinski definition) is 5. The lowest BCUT2D eigenvalue weighted by molar-refractivity contribution is -0.113. The van der Waals surface area contributed by atoms with Crippen molar-refractivity contribution < 1.29 is 13.2 Å². The third-order valence-electron chi connectivity index (χ3n) is 3.59. The van der Waals surface area contributed by atoms with Crippen molar-refractivity contribution in [3.63, 3.8) is 0 Å². The van der Waals surface area contributed by atoms with Crippen molar-refractivity contribution in [1.82, 2.24) is 9.21 Å². The van der Waals surface area contributed by atoms with Gasteiger partial charge in [-0.25, -0.2) is 12.7 Å². The zero-order chi connectivity index (χ0) is 17.7. The second kappa shape index (κ2) is 8.28. The molecule has 2 rings (SSSR count). The van der Waals surface area contributed by atoms with Crippen LogP contribution in [-0.4, -0.2) is 60.8 Å². The Bertz CT molecular complexity index is 714. The summed E-state index contributed by atoms with van der Waals surface area (Å²) in [5.41, 5.74) is 0.454. The van der Waals surface area contributed by atoms with Crippen LogP contribution in [0.15, 0.2) is 29.2 Å². The highest BCUT2D eigenvalue weighted by Crippen LogP contribution is 2.19. The molecule has 0 saturated carbocycles. The summed E-state index contributed by atoms with van der Waals surface area (Å²) in [4.78, 5) is 14.3. The Morgan fingerprint density at radius 2 is 2.00 bits per heavy atom. The maximum absolute atomic E-state index is 12.1. The first kappa shape index (κ1) is 19.2. The molecule has 0 unspecified atom stereocenters. The lowest BCUT2D eigenvalue weighted by Crippen LogP contribution is -2.25. The monoisotopic (exact) mass is 387 g/mol. The van der Waals surface area contributed by atoms with E-state index in [9.17, 15) is 13.2 Å². The Morgan fingerprint density at radius 3 is 2.62 bits per heavy atom. The molecule has 0 atom stereocenters. The molecule has 1 saturated heterocycles. The van der Waals surface area contributed by atoms with E-state index in [1.807, 2.05) is 0 Å². The summed E-state index contributed by atoms with van der Waals surface area (Å²) in [6.45, 7) is 1.91. The average molecular weight is 388 g/mol. The van der Waals surface area contributed by atoms with E-state index in [1.54, 1.807) is 12.1 Å². The minimum Gasteiger partial charge on any atom is -0.358 e. The van der Waals surface area contributed by atoms with Crippen LogP contribution in [0, 0.1) is 0 Å². The molecule has 1 N–H and O–H groups in total. The SMILES string of the molecule is CN(C)S(=O)(=O)c1cccc(NC(=O)CSC(=S)N2CCCC2)c1. The van der Waals surface area contributed by atoms with Crippen LogP contribution in [0.5, 0.6) is 0 Å². The van der Waals surface area contributed by atoms with Crippen LogP contribution >= 0.6 is 24.0 Å². The number of likely N-dealkylation sites (tertiary alicyclic amines) is 1. The van der Waals surface area contributed by atoms with Crippen LogP contribution in [0.1, 0.15) is 12.8 Å². The standard InChI is InChI=1S/C15H21N3O3S3/c1-17(2)24(20,21)13-7-5-6-12(10-13)16-14(19)11-23-15(22)18-8-3-4-9-18/h5-7,10H,3-4,8-9,11H2,1-2H3,(H,16,19). The molecule has 0 spiro atoms. The molecule has 132 valence electrons. The van der Waals surface area contributed by atoms with Crippen molar-refractivity contribution in [2.24, 2.45) is 0 Å². The Kier molecular flexibility index (Phi) is 6.62. The van der Waals surface area contributed by atoms with Gasteiger partial charge in [-0.15, -0.1) is 0 Å². The van der Waals surface area contributed by atoms with Gasteiger partial charge in [0.05, 0.1) is 10.6 Å². The van der Waals surface area contributed by atoms with Gasteiger partial charge in [0.2, 0.25) is 15.9 Å².